The lowest BCUT2D eigenvalue weighted by atomic mass is 10.3. The molecule has 0 aliphatic carbocycles. The minimum absolute atomic E-state index is 0.0359. The van der Waals surface area contributed by atoms with Gasteiger partial charge >= 0.3 is 5.97 Å². The number of carboxylic acids is 1. The van der Waals surface area contributed by atoms with Crippen molar-refractivity contribution in [3.63, 3.8) is 0 Å². The van der Waals surface area contributed by atoms with E-state index in [1.54, 1.807) is 0 Å². The Morgan fingerprint density at radius 2 is 2.38 bits per heavy atom. The van der Waals surface area contributed by atoms with Crippen molar-refractivity contribution in [2.75, 3.05) is 17.4 Å². The number of nitrogens with two attached hydrogens (primary N) is 1. The third kappa shape index (κ3) is 1.81. The highest BCUT2D eigenvalue weighted by molar-refractivity contribution is 7.99. The van der Waals surface area contributed by atoms with Crippen LogP contribution in [-0.4, -0.2) is 54.7 Å². The summed E-state index contributed by atoms with van der Waals surface area (Å²) in [5, 5.41) is 14.8. The van der Waals surface area contributed by atoms with E-state index < -0.39 is 17.9 Å². The number of hydrogen-bond acceptors (Lipinski definition) is 6. The van der Waals surface area contributed by atoms with E-state index >= 15 is 0 Å². The molecule has 1 aliphatic heterocycles. The number of amides is 1. The molecule has 0 aromatic carbocycles. The molecule has 1 aromatic heterocycles. The number of H-pyrrole nitrogens is 1. The van der Waals surface area contributed by atoms with Crippen LogP contribution in [-0.2, 0) is 4.79 Å². The zero-order valence-electron chi connectivity index (χ0n) is 8.08. The third-order valence-corrected chi connectivity index (χ3v) is 3.15. The largest absolute Gasteiger partial charge is 0.480 e. The highest BCUT2D eigenvalue weighted by Gasteiger charge is 2.36. The Kier molecular flexibility index (Phi) is 2.69. The summed E-state index contributed by atoms with van der Waals surface area (Å²) in [5.74, 6) is -0.887. The van der Waals surface area contributed by atoms with E-state index in [-0.39, 0.29) is 11.8 Å². The smallest absolute Gasteiger partial charge is 0.327 e. The molecular weight excluding hydrogens is 234 g/mol. The number of nitrogens with zero attached hydrogens (tertiary/aromatic N) is 3. The van der Waals surface area contributed by atoms with E-state index in [1.807, 2.05) is 0 Å². The number of anilines is 1. The fourth-order valence-corrected chi connectivity index (χ4v) is 2.50. The first-order valence-electron chi connectivity index (χ1n) is 4.39. The molecule has 1 atom stereocenters. The Morgan fingerprint density at radius 3 is 2.94 bits per heavy atom. The molecule has 0 bridgehead atoms. The lowest BCUT2D eigenvalue weighted by Crippen LogP contribution is -2.42. The molecule has 8 nitrogen and oxygen atoms in total. The second-order valence-corrected chi connectivity index (χ2v) is 4.17. The Hall–Kier alpha value is -1.77. The van der Waals surface area contributed by atoms with E-state index in [4.69, 9.17) is 10.8 Å². The number of aromatic amines is 1. The molecule has 1 amide bonds. The first kappa shape index (κ1) is 10.7. The van der Waals surface area contributed by atoms with Gasteiger partial charge in [-0.25, -0.2) is 4.79 Å². The molecule has 16 heavy (non-hydrogen) atoms. The molecule has 4 N–H and O–H groups in total. The first-order valence-corrected chi connectivity index (χ1v) is 5.54. The molecule has 2 heterocycles. The highest BCUT2D eigenvalue weighted by atomic mass is 32.2. The molecule has 0 spiro atoms. The molecule has 1 saturated heterocycles. The molecule has 2 rings (SSSR count). The van der Waals surface area contributed by atoms with Crippen LogP contribution in [0, 0.1) is 0 Å². The van der Waals surface area contributed by atoms with Gasteiger partial charge in [-0.2, -0.15) is 4.98 Å². The molecule has 1 aliphatic rings. The Balaban J connectivity index is 2.18. The topological polar surface area (TPSA) is 125 Å². The second-order valence-electron chi connectivity index (χ2n) is 3.17. The van der Waals surface area contributed by atoms with Crippen LogP contribution in [0.25, 0.3) is 0 Å². The van der Waals surface area contributed by atoms with Crippen molar-refractivity contribution < 1.29 is 14.7 Å². The first-order chi connectivity index (χ1) is 7.59. The van der Waals surface area contributed by atoms with Crippen molar-refractivity contribution >= 4 is 29.6 Å². The Bertz CT molecular complexity index is 433. The summed E-state index contributed by atoms with van der Waals surface area (Å²) in [6.07, 6.45) is 0. The number of aliphatic carboxylic acids is 1. The fraction of sp³-hybridized carbons (Fsp3) is 0.429. The van der Waals surface area contributed by atoms with E-state index in [9.17, 15) is 9.59 Å². The van der Waals surface area contributed by atoms with Gasteiger partial charge in [-0.05, 0) is 0 Å². The molecule has 1 unspecified atom stereocenters. The molecule has 9 heteroatoms. The van der Waals surface area contributed by atoms with Gasteiger partial charge in [0.1, 0.15) is 6.04 Å². The van der Waals surface area contributed by atoms with Gasteiger partial charge < -0.3 is 15.7 Å². The van der Waals surface area contributed by atoms with E-state index in [0.717, 1.165) is 0 Å². The number of carbonyl (C=O) groups is 2. The number of thioether (sulfide) groups is 1. The number of nitrogen functional groups attached to an aromatic ring is 1. The molecule has 0 saturated carbocycles. The maximum Gasteiger partial charge on any atom is 0.327 e. The molecule has 1 aromatic rings. The zero-order chi connectivity index (χ0) is 11.7. The highest BCUT2D eigenvalue weighted by Crippen LogP contribution is 2.22. The van der Waals surface area contributed by atoms with E-state index in [1.165, 1.54) is 16.7 Å². The summed E-state index contributed by atoms with van der Waals surface area (Å²) in [4.78, 5) is 27.6. The van der Waals surface area contributed by atoms with Crippen LogP contribution >= 0.6 is 11.8 Å². The van der Waals surface area contributed by atoms with Crippen molar-refractivity contribution in [1.82, 2.24) is 20.1 Å². The minimum Gasteiger partial charge on any atom is -0.480 e. The number of aromatic nitrogens is 3. The van der Waals surface area contributed by atoms with Crippen molar-refractivity contribution in [3.8, 4) is 0 Å². The summed E-state index contributed by atoms with van der Waals surface area (Å²) < 4.78 is 0. The van der Waals surface area contributed by atoms with Gasteiger partial charge in [-0.1, -0.05) is 0 Å². The normalized spacial score (nSPS) is 20.0. The maximum atomic E-state index is 11.8. The van der Waals surface area contributed by atoms with Gasteiger partial charge in [0, 0.05) is 5.75 Å². The number of rotatable bonds is 2. The lowest BCUT2D eigenvalue weighted by molar-refractivity contribution is -0.140. The summed E-state index contributed by atoms with van der Waals surface area (Å²) in [6, 6.07) is -0.816. The van der Waals surface area contributed by atoms with Gasteiger partial charge in [-0.3, -0.25) is 9.89 Å². The van der Waals surface area contributed by atoms with Crippen LogP contribution < -0.4 is 5.73 Å². The molecule has 1 fully saturated rings. The minimum atomic E-state index is -1.02. The van der Waals surface area contributed by atoms with Crippen molar-refractivity contribution in [2.24, 2.45) is 0 Å². The molecule has 0 radical (unpaired) electrons. The lowest BCUT2D eigenvalue weighted by Gasteiger charge is -2.18. The molecule has 86 valence electrons. The SMILES string of the molecule is Nc1n[nH]c(C(=O)N2CSCC2C(=O)O)n1. The number of carboxylic acid groups (broad SMARTS) is 1. The van der Waals surface area contributed by atoms with Gasteiger partial charge in [0.15, 0.2) is 0 Å². The van der Waals surface area contributed by atoms with Gasteiger partial charge in [0.2, 0.25) is 11.8 Å². The maximum absolute atomic E-state index is 11.8. The Morgan fingerprint density at radius 1 is 1.62 bits per heavy atom. The second kappa shape index (κ2) is 4.00. The predicted molar refractivity (Wildman–Crippen MR) is 55.7 cm³/mol. The van der Waals surface area contributed by atoms with E-state index in [0.29, 0.717) is 11.6 Å². The predicted octanol–water partition coefficient (Wildman–Crippen LogP) is -1.01. The summed E-state index contributed by atoms with van der Waals surface area (Å²) >= 11 is 1.38. The van der Waals surface area contributed by atoms with Crippen LogP contribution in [0.15, 0.2) is 0 Å². The number of carbonyl (C=O) groups excluding carboxylic acids is 1. The molecular formula is C7H9N5O3S. The van der Waals surface area contributed by atoms with Gasteiger partial charge in [-0.15, -0.1) is 16.9 Å². The third-order valence-electron chi connectivity index (χ3n) is 2.13. The van der Waals surface area contributed by atoms with Crippen molar-refractivity contribution in [3.05, 3.63) is 5.82 Å². The van der Waals surface area contributed by atoms with Crippen molar-refractivity contribution in [1.29, 1.82) is 0 Å². The summed E-state index contributed by atoms with van der Waals surface area (Å²) in [5.41, 5.74) is 5.26. The average Bonchev–Trinajstić information content (AvgIpc) is 2.84. The van der Waals surface area contributed by atoms with Crippen molar-refractivity contribution in [2.45, 2.75) is 6.04 Å². The number of nitrogens with one attached hydrogen (secondary N) is 1. The quantitative estimate of drug-likeness (QED) is 0.607. The van der Waals surface area contributed by atoms with Crippen LogP contribution in [0.4, 0.5) is 5.95 Å². The van der Waals surface area contributed by atoms with Crippen LogP contribution in [0.1, 0.15) is 10.6 Å². The number of hydrogen-bond donors (Lipinski definition) is 3. The van der Waals surface area contributed by atoms with Crippen LogP contribution in [0.2, 0.25) is 0 Å². The summed E-state index contributed by atoms with van der Waals surface area (Å²) in [7, 11) is 0. The van der Waals surface area contributed by atoms with Gasteiger partial charge in [0.05, 0.1) is 5.88 Å². The standard InChI is InChI=1S/C7H9N5O3S/c8-7-9-4(10-11-7)5(13)12-2-16-1-3(12)6(14)15/h3H,1-2H2,(H,14,15)(H3,8,9,10,11). The Labute approximate surface area is 94.2 Å². The van der Waals surface area contributed by atoms with Gasteiger partial charge in [0.25, 0.3) is 5.91 Å². The monoisotopic (exact) mass is 243 g/mol. The van der Waals surface area contributed by atoms with E-state index in [2.05, 4.69) is 15.2 Å². The van der Waals surface area contributed by atoms with Crippen LogP contribution in [0.3, 0.4) is 0 Å². The zero-order valence-corrected chi connectivity index (χ0v) is 8.90. The average molecular weight is 243 g/mol. The summed E-state index contributed by atoms with van der Waals surface area (Å²) in [6.45, 7) is 0. The van der Waals surface area contributed by atoms with Crippen LogP contribution in [0.5, 0.6) is 0 Å². The fourth-order valence-electron chi connectivity index (χ4n) is 1.35.